The number of ether oxygens (including phenoxy) is 16. The summed E-state index contributed by atoms with van der Waals surface area (Å²) in [6.45, 7) is 0.217. The van der Waals surface area contributed by atoms with E-state index in [0.717, 1.165) is 20.8 Å². The summed E-state index contributed by atoms with van der Waals surface area (Å²) in [5, 5.41) is 0. The Bertz CT molecular complexity index is 4370. The highest BCUT2D eigenvalue weighted by atomic mass is 16.8. The molecule has 3 heterocycles. The lowest BCUT2D eigenvalue weighted by molar-refractivity contribution is -0.361. The highest BCUT2D eigenvalue weighted by Gasteiger charge is 2.60. The third-order valence-electron chi connectivity index (χ3n) is 16.7. The van der Waals surface area contributed by atoms with E-state index in [1.165, 1.54) is 158 Å². The Morgan fingerprint density at radius 2 is 0.458 bits per heavy atom. The van der Waals surface area contributed by atoms with Gasteiger partial charge in [-0.1, -0.05) is 146 Å². The number of carbonyl (C=O) groups is 11. The summed E-state index contributed by atoms with van der Waals surface area (Å²) in [5.74, 6) is -11.5. The molecule has 0 aliphatic carbocycles. The fourth-order valence-corrected chi connectivity index (χ4v) is 11.7. The second kappa shape index (κ2) is 36.4. The molecular formula is C80H70O27. The molecule has 0 spiro atoms. The van der Waals surface area contributed by atoms with E-state index in [9.17, 15) is 52.7 Å². The van der Waals surface area contributed by atoms with E-state index < -0.39 is 178 Å². The van der Waals surface area contributed by atoms with E-state index in [2.05, 4.69) is 0 Å². The second-order valence-electron chi connectivity index (χ2n) is 24.2. The molecule has 13 unspecified atom stereocenters. The molecule has 27 heteroatoms. The summed E-state index contributed by atoms with van der Waals surface area (Å²) in [7, 11) is 0. The van der Waals surface area contributed by atoms with Crippen molar-refractivity contribution in [3.63, 3.8) is 0 Å². The Morgan fingerprint density at radius 1 is 0.234 bits per heavy atom. The van der Waals surface area contributed by atoms with Gasteiger partial charge in [-0.05, 0) is 97.1 Å². The number of hydrogen-bond donors (Lipinski definition) is 0. The molecule has 3 fully saturated rings. The zero-order chi connectivity index (χ0) is 75.3. The molecule has 0 N–H and O–H groups in total. The Labute approximate surface area is 611 Å². The van der Waals surface area contributed by atoms with Crippen molar-refractivity contribution in [2.75, 3.05) is 19.8 Å². The van der Waals surface area contributed by atoms with E-state index >= 15 is 0 Å². The summed E-state index contributed by atoms with van der Waals surface area (Å²) >= 11 is 0. The lowest BCUT2D eigenvalue weighted by Gasteiger charge is -2.49. The van der Waals surface area contributed by atoms with Crippen LogP contribution in [-0.4, -0.2) is 178 Å². The quantitative estimate of drug-likeness (QED) is 0.0360. The van der Waals surface area contributed by atoms with Crippen LogP contribution in [0.5, 0.6) is 0 Å². The Hall–Kier alpha value is -12.3. The van der Waals surface area contributed by atoms with E-state index in [1.807, 2.05) is 0 Å². The molecule has 0 amide bonds. The highest BCUT2D eigenvalue weighted by Crippen LogP contribution is 2.39. The van der Waals surface area contributed by atoms with E-state index in [1.54, 1.807) is 84.9 Å². The molecule has 0 saturated carbocycles. The minimum absolute atomic E-state index is 0.00894. The van der Waals surface area contributed by atoms with Crippen molar-refractivity contribution in [1.29, 1.82) is 0 Å². The zero-order valence-electron chi connectivity index (χ0n) is 57.4. The van der Waals surface area contributed by atoms with Crippen molar-refractivity contribution in [2.24, 2.45) is 0 Å². The van der Waals surface area contributed by atoms with E-state index in [4.69, 9.17) is 75.8 Å². The van der Waals surface area contributed by atoms with Crippen LogP contribution in [0.4, 0.5) is 0 Å². The summed E-state index contributed by atoms with van der Waals surface area (Å²) in [4.78, 5) is 156. The minimum atomic E-state index is -2.26. The second-order valence-corrected chi connectivity index (χ2v) is 24.2. The first-order chi connectivity index (χ1) is 51.8. The van der Waals surface area contributed by atoms with Gasteiger partial charge in [0.15, 0.2) is 61.4 Å². The molecule has 8 aromatic carbocycles. The summed E-state index contributed by atoms with van der Waals surface area (Å²) in [6, 6.07) is 60.3. The number of hydrogen-bond acceptors (Lipinski definition) is 27. The first kappa shape index (κ1) is 75.9. The number of carbonyl (C=O) groups excluding carboxylic acids is 11. The van der Waals surface area contributed by atoms with Gasteiger partial charge in [-0.25, -0.2) is 38.4 Å². The van der Waals surface area contributed by atoms with Crippen LogP contribution in [0.15, 0.2) is 243 Å². The average Bonchev–Trinajstić information content (AvgIpc) is 0.766. The van der Waals surface area contributed by atoms with E-state index in [-0.39, 0.29) is 44.5 Å². The molecule has 0 aromatic heterocycles. The van der Waals surface area contributed by atoms with Gasteiger partial charge < -0.3 is 75.8 Å². The van der Waals surface area contributed by atoms with Crippen LogP contribution >= 0.6 is 0 Å². The van der Waals surface area contributed by atoms with Gasteiger partial charge in [0.05, 0.1) is 51.1 Å². The summed E-state index contributed by atoms with van der Waals surface area (Å²) in [5.41, 5.74) is -0.201. The smallest absolute Gasteiger partial charge is 0.338 e. The molecule has 552 valence electrons. The van der Waals surface area contributed by atoms with Gasteiger partial charge >= 0.3 is 65.7 Å². The van der Waals surface area contributed by atoms with Gasteiger partial charge in [-0.2, -0.15) is 0 Å². The standard InChI is InChI=1S/C80H70O27/c1-47(81)95-61-60(46-94-78-67(105-76(90)56-40-24-10-25-41-56)64(103-74(88)54-36-20-8-21-37-54)62(101-72(86)52-32-16-6-17-33-52)58(98-78)44-92-70(84)50-28-12-4-13-29-50)99-79(97-49(3)83)68(96-48(2)82)66(61)107-80-69(106-77(91)57-42-26-11-27-43-57)65(104-75(89)55-38-22-9-23-39-55)63(102-73(87)53-34-18-7-19-35-53)59(100-80)45-93-71(85)51-30-14-5-15-31-51/h4-43,58-69,78-80H,44-46H2,1-3H3/t58?,59?,60?,61-,62?,63?,64?,65?,66?,67?,68?,69?,78?,79+,80?/m1/s1. The van der Waals surface area contributed by atoms with Crippen LogP contribution in [0.2, 0.25) is 0 Å². The molecule has 27 nitrogen and oxygen atoms in total. The molecule has 0 radical (unpaired) electrons. The SMILES string of the molecule is CC(=O)OC1C(OC2OC(COC(=O)c3ccccc3)C(OC(=O)c3ccccc3)C(OC(=O)c3ccccc3)C2OC(=O)c2ccccc2)[C@H](OC(C)=O)C(COC2OC(COC(=O)c3ccccc3)C(OC(=O)c3ccccc3)C(OC(=O)c3ccccc3)C2OC(=O)c2ccccc2)O[C@@H]1OC(C)=O. The van der Waals surface area contributed by atoms with Crippen LogP contribution in [0.1, 0.15) is 104 Å². The molecule has 3 saturated heterocycles. The van der Waals surface area contributed by atoms with Gasteiger partial charge in [0.25, 0.3) is 0 Å². The van der Waals surface area contributed by atoms with Crippen LogP contribution in [0.3, 0.4) is 0 Å². The maximum atomic E-state index is 14.8. The molecular weight excluding hydrogens is 1390 g/mol. The molecule has 3 aliphatic heterocycles. The average molecular weight is 1460 g/mol. The third-order valence-corrected chi connectivity index (χ3v) is 16.7. The summed E-state index contributed by atoms with van der Waals surface area (Å²) < 4.78 is 100. The van der Waals surface area contributed by atoms with Crippen molar-refractivity contribution < 1.29 is 129 Å². The highest BCUT2D eigenvalue weighted by molar-refractivity contribution is 5.94. The van der Waals surface area contributed by atoms with Crippen LogP contribution in [0.25, 0.3) is 0 Å². The van der Waals surface area contributed by atoms with Crippen molar-refractivity contribution >= 4 is 65.7 Å². The minimum Gasteiger partial charge on any atom is -0.459 e. The Balaban J connectivity index is 1.03. The van der Waals surface area contributed by atoms with Crippen LogP contribution in [-0.2, 0) is 90.2 Å². The molecule has 11 rings (SSSR count). The van der Waals surface area contributed by atoms with E-state index in [0.29, 0.717) is 0 Å². The lowest BCUT2D eigenvalue weighted by Crippen LogP contribution is -2.68. The monoisotopic (exact) mass is 1460 g/mol. The van der Waals surface area contributed by atoms with Gasteiger partial charge in [-0.15, -0.1) is 0 Å². The molecule has 107 heavy (non-hydrogen) atoms. The first-order valence-corrected chi connectivity index (χ1v) is 33.6. The van der Waals surface area contributed by atoms with Crippen LogP contribution < -0.4 is 0 Å². The van der Waals surface area contributed by atoms with Gasteiger partial charge in [0.2, 0.25) is 6.29 Å². The number of benzene rings is 8. The van der Waals surface area contributed by atoms with Crippen molar-refractivity contribution in [2.45, 2.75) is 113 Å². The largest absolute Gasteiger partial charge is 0.459 e. The normalized spacial score (nSPS) is 23.7. The van der Waals surface area contributed by atoms with Gasteiger partial charge in [-0.3, -0.25) is 14.4 Å². The number of esters is 11. The summed E-state index contributed by atoms with van der Waals surface area (Å²) in [6.07, 6.45) is -30.2. The predicted octanol–water partition coefficient (Wildman–Crippen LogP) is 9.06. The number of rotatable bonds is 26. The first-order valence-electron chi connectivity index (χ1n) is 33.6. The molecule has 8 aromatic rings. The maximum absolute atomic E-state index is 14.8. The maximum Gasteiger partial charge on any atom is 0.338 e. The van der Waals surface area contributed by atoms with Crippen molar-refractivity contribution in [3.05, 3.63) is 287 Å². The molecule has 0 bridgehead atoms. The fraction of sp³-hybridized carbons (Fsp3) is 0.263. The molecule has 15 atom stereocenters. The van der Waals surface area contributed by atoms with Crippen molar-refractivity contribution in [3.8, 4) is 0 Å². The Kier molecular flexibility index (Phi) is 25.8. The van der Waals surface area contributed by atoms with Crippen molar-refractivity contribution in [1.82, 2.24) is 0 Å². The third kappa shape index (κ3) is 20.0. The lowest BCUT2D eigenvalue weighted by atomic mass is 9.95. The predicted molar refractivity (Wildman–Crippen MR) is 367 cm³/mol. The zero-order valence-corrected chi connectivity index (χ0v) is 57.4. The van der Waals surface area contributed by atoms with Gasteiger partial charge in [0, 0.05) is 20.8 Å². The van der Waals surface area contributed by atoms with Gasteiger partial charge in [0.1, 0.15) is 37.6 Å². The topological polar surface area (TPSA) is 335 Å². The molecule has 3 aliphatic rings. The van der Waals surface area contributed by atoms with Crippen LogP contribution in [0, 0.1) is 0 Å². The Morgan fingerprint density at radius 3 is 0.766 bits per heavy atom. The fourth-order valence-electron chi connectivity index (χ4n) is 11.7.